The lowest BCUT2D eigenvalue weighted by atomic mass is 9.94. The van der Waals surface area contributed by atoms with Crippen molar-refractivity contribution < 1.29 is 0 Å². The van der Waals surface area contributed by atoms with E-state index >= 15 is 0 Å². The summed E-state index contributed by atoms with van der Waals surface area (Å²) in [5.74, 6) is 0. The van der Waals surface area contributed by atoms with Gasteiger partial charge >= 0.3 is 0 Å². The summed E-state index contributed by atoms with van der Waals surface area (Å²) in [6.45, 7) is 8.52. The normalized spacial score (nSPS) is 10.8. The van der Waals surface area contributed by atoms with Gasteiger partial charge in [0.1, 0.15) is 0 Å². The van der Waals surface area contributed by atoms with Gasteiger partial charge in [0.2, 0.25) is 0 Å². The highest BCUT2D eigenvalue weighted by Gasteiger charge is 2.13. The summed E-state index contributed by atoms with van der Waals surface area (Å²) in [5.41, 5.74) is 13.0. The highest BCUT2D eigenvalue weighted by Crippen LogP contribution is 2.37. The zero-order valence-corrected chi connectivity index (χ0v) is 12.1. The minimum Gasteiger partial charge on any atom is -0.397 e. The first-order chi connectivity index (χ1) is 9.00. The van der Waals surface area contributed by atoms with Crippen LogP contribution in [0.1, 0.15) is 25.0 Å². The summed E-state index contributed by atoms with van der Waals surface area (Å²) in [4.78, 5) is 0. The van der Waals surface area contributed by atoms with Crippen molar-refractivity contribution in [2.75, 3.05) is 11.1 Å². The Morgan fingerprint density at radius 3 is 2.26 bits per heavy atom. The summed E-state index contributed by atoms with van der Waals surface area (Å²) in [6, 6.07) is 12.8. The smallest absolute Gasteiger partial charge is 0.0658 e. The number of nitrogen functional groups attached to an aromatic ring is 1. The number of benzene rings is 2. The van der Waals surface area contributed by atoms with E-state index in [0.29, 0.717) is 6.04 Å². The second-order valence-corrected chi connectivity index (χ2v) is 5.34. The van der Waals surface area contributed by atoms with Crippen LogP contribution >= 0.6 is 0 Å². The molecule has 0 amide bonds. The van der Waals surface area contributed by atoms with Gasteiger partial charge in [0.15, 0.2) is 0 Å². The van der Waals surface area contributed by atoms with Crippen LogP contribution in [-0.4, -0.2) is 6.04 Å². The number of nitrogens with one attached hydrogen (secondary N) is 1. The number of nitrogens with two attached hydrogens (primary N) is 1. The maximum Gasteiger partial charge on any atom is 0.0658 e. The van der Waals surface area contributed by atoms with Gasteiger partial charge in [-0.2, -0.15) is 0 Å². The second-order valence-electron chi connectivity index (χ2n) is 5.34. The van der Waals surface area contributed by atoms with E-state index in [4.69, 9.17) is 5.73 Å². The molecule has 0 aliphatic carbocycles. The van der Waals surface area contributed by atoms with Gasteiger partial charge in [-0.25, -0.2) is 0 Å². The molecule has 100 valence electrons. The van der Waals surface area contributed by atoms with Crippen molar-refractivity contribution in [1.82, 2.24) is 0 Å². The van der Waals surface area contributed by atoms with Gasteiger partial charge in [0.25, 0.3) is 0 Å². The summed E-state index contributed by atoms with van der Waals surface area (Å²) >= 11 is 0. The molecule has 3 N–H and O–H groups in total. The van der Waals surface area contributed by atoms with Crippen LogP contribution in [0.25, 0.3) is 11.1 Å². The fourth-order valence-corrected chi connectivity index (χ4v) is 2.37. The van der Waals surface area contributed by atoms with Crippen molar-refractivity contribution in [1.29, 1.82) is 0 Å². The van der Waals surface area contributed by atoms with Crippen molar-refractivity contribution in [2.45, 2.75) is 33.7 Å². The Balaban J connectivity index is 2.68. The fourth-order valence-electron chi connectivity index (χ4n) is 2.37. The summed E-state index contributed by atoms with van der Waals surface area (Å²) in [5, 5.41) is 3.48. The van der Waals surface area contributed by atoms with Gasteiger partial charge in [-0.1, -0.05) is 30.3 Å². The first-order valence-electron chi connectivity index (χ1n) is 6.72. The molecule has 0 radical (unpaired) electrons. The number of hydrogen-bond acceptors (Lipinski definition) is 2. The Labute approximate surface area is 115 Å². The molecule has 0 aliphatic rings. The maximum atomic E-state index is 6.16. The van der Waals surface area contributed by atoms with Crippen LogP contribution in [0.3, 0.4) is 0 Å². The van der Waals surface area contributed by atoms with Crippen LogP contribution in [0.15, 0.2) is 36.4 Å². The Morgan fingerprint density at radius 2 is 1.63 bits per heavy atom. The van der Waals surface area contributed by atoms with E-state index in [9.17, 15) is 0 Å². The van der Waals surface area contributed by atoms with Crippen molar-refractivity contribution in [3.05, 3.63) is 47.5 Å². The first-order valence-corrected chi connectivity index (χ1v) is 6.72. The molecular formula is C17H22N2. The zero-order valence-electron chi connectivity index (χ0n) is 12.1. The van der Waals surface area contributed by atoms with E-state index in [1.165, 1.54) is 22.3 Å². The van der Waals surface area contributed by atoms with Crippen LogP contribution < -0.4 is 11.1 Å². The molecule has 2 aromatic carbocycles. The number of aryl methyl sites for hydroxylation is 2. The third kappa shape index (κ3) is 2.73. The SMILES string of the molecule is Cc1ccccc1-c1c(C)ccc(N)c1NC(C)C. The van der Waals surface area contributed by atoms with Crippen molar-refractivity contribution in [2.24, 2.45) is 0 Å². The first kappa shape index (κ1) is 13.5. The third-order valence-corrected chi connectivity index (χ3v) is 3.29. The van der Waals surface area contributed by atoms with Gasteiger partial charge in [0.05, 0.1) is 11.4 Å². The molecular weight excluding hydrogens is 232 g/mol. The number of anilines is 2. The minimum absolute atomic E-state index is 0.354. The van der Waals surface area contributed by atoms with Gasteiger partial charge in [-0.3, -0.25) is 0 Å². The largest absolute Gasteiger partial charge is 0.397 e. The summed E-state index contributed by atoms with van der Waals surface area (Å²) < 4.78 is 0. The topological polar surface area (TPSA) is 38.0 Å². The van der Waals surface area contributed by atoms with Gasteiger partial charge < -0.3 is 11.1 Å². The molecule has 0 heterocycles. The van der Waals surface area contributed by atoms with Crippen molar-refractivity contribution in [3.63, 3.8) is 0 Å². The van der Waals surface area contributed by atoms with Gasteiger partial charge in [-0.15, -0.1) is 0 Å². The van der Waals surface area contributed by atoms with E-state index in [1.807, 2.05) is 6.07 Å². The van der Waals surface area contributed by atoms with E-state index in [2.05, 4.69) is 63.3 Å². The summed E-state index contributed by atoms with van der Waals surface area (Å²) in [6.07, 6.45) is 0. The third-order valence-electron chi connectivity index (χ3n) is 3.29. The molecule has 0 aliphatic heterocycles. The van der Waals surface area contributed by atoms with E-state index in [0.717, 1.165) is 11.4 Å². The molecule has 0 saturated carbocycles. The molecule has 0 saturated heterocycles. The average Bonchev–Trinajstić information content (AvgIpc) is 2.35. The van der Waals surface area contributed by atoms with Crippen LogP contribution in [0, 0.1) is 13.8 Å². The molecule has 0 fully saturated rings. The lowest BCUT2D eigenvalue weighted by Gasteiger charge is -2.20. The van der Waals surface area contributed by atoms with Gasteiger partial charge in [0, 0.05) is 11.6 Å². The highest BCUT2D eigenvalue weighted by atomic mass is 14.9. The molecule has 2 nitrogen and oxygen atoms in total. The van der Waals surface area contributed by atoms with E-state index < -0.39 is 0 Å². The molecule has 19 heavy (non-hydrogen) atoms. The lowest BCUT2D eigenvalue weighted by molar-refractivity contribution is 0.900. The van der Waals surface area contributed by atoms with E-state index in [1.54, 1.807) is 0 Å². The molecule has 2 aromatic rings. The quantitative estimate of drug-likeness (QED) is 0.798. The average molecular weight is 254 g/mol. The van der Waals surface area contributed by atoms with Crippen LogP contribution in [0.5, 0.6) is 0 Å². The Hall–Kier alpha value is -1.96. The lowest BCUT2D eigenvalue weighted by Crippen LogP contribution is -2.13. The molecule has 0 bridgehead atoms. The minimum atomic E-state index is 0.354. The highest BCUT2D eigenvalue weighted by molar-refractivity contribution is 5.89. The standard InChI is InChI=1S/C17H22N2/c1-11(2)19-17-15(18)10-9-13(4)16(17)14-8-6-5-7-12(14)3/h5-11,19H,18H2,1-4H3. The molecule has 2 heteroatoms. The van der Waals surface area contributed by atoms with Crippen LogP contribution in [-0.2, 0) is 0 Å². The molecule has 0 atom stereocenters. The fraction of sp³-hybridized carbons (Fsp3) is 0.294. The number of hydrogen-bond donors (Lipinski definition) is 2. The predicted octanol–water partition coefficient (Wildman–Crippen LogP) is 4.37. The monoisotopic (exact) mass is 254 g/mol. The van der Waals surface area contributed by atoms with Crippen LogP contribution in [0.2, 0.25) is 0 Å². The van der Waals surface area contributed by atoms with Crippen molar-refractivity contribution in [3.8, 4) is 11.1 Å². The predicted molar refractivity (Wildman–Crippen MR) is 84.5 cm³/mol. The van der Waals surface area contributed by atoms with E-state index in [-0.39, 0.29) is 0 Å². The molecule has 0 unspecified atom stereocenters. The maximum absolute atomic E-state index is 6.16. The Kier molecular flexibility index (Phi) is 3.79. The molecule has 0 spiro atoms. The van der Waals surface area contributed by atoms with Gasteiger partial charge in [-0.05, 0) is 50.5 Å². The zero-order chi connectivity index (χ0) is 14.0. The molecule has 2 rings (SSSR count). The molecule has 0 aromatic heterocycles. The Bertz CT molecular complexity index is 586. The number of rotatable bonds is 3. The second kappa shape index (κ2) is 5.35. The summed E-state index contributed by atoms with van der Waals surface area (Å²) in [7, 11) is 0. The van der Waals surface area contributed by atoms with Crippen molar-refractivity contribution >= 4 is 11.4 Å². The Morgan fingerprint density at radius 1 is 0.947 bits per heavy atom. The van der Waals surface area contributed by atoms with Crippen LogP contribution in [0.4, 0.5) is 11.4 Å².